The molecule has 1 aliphatic carbocycles. The van der Waals surface area contributed by atoms with Crippen LogP contribution in [0.15, 0.2) is 12.2 Å². The molecule has 0 bridgehead atoms. The lowest BCUT2D eigenvalue weighted by atomic mass is 9.99. The smallest absolute Gasteiger partial charge is 0.0694 e. The summed E-state index contributed by atoms with van der Waals surface area (Å²) < 4.78 is 0. The van der Waals surface area contributed by atoms with Crippen molar-refractivity contribution >= 4 is 0 Å². The van der Waals surface area contributed by atoms with Crippen LogP contribution in [0.5, 0.6) is 0 Å². The molecule has 0 saturated heterocycles. The lowest BCUT2D eigenvalue weighted by Crippen LogP contribution is -2.34. The second kappa shape index (κ2) is 3.74. The van der Waals surface area contributed by atoms with Crippen LogP contribution in [0.1, 0.15) is 25.7 Å². The summed E-state index contributed by atoms with van der Waals surface area (Å²) in [4.78, 5) is 0. The Balaban J connectivity index is 2.40. The van der Waals surface area contributed by atoms with Gasteiger partial charge in [-0.2, -0.15) is 0 Å². The molecule has 2 heteroatoms. The molecule has 0 fully saturated rings. The Kier molecular flexibility index (Phi) is 2.90. The second-order valence-corrected chi connectivity index (χ2v) is 2.86. The van der Waals surface area contributed by atoms with Crippen molar-refractivity contribution in [2.24, 2.45) is 5.73 Å². The van der Waals surface area contributed by atoms with E-state index in [9.17, 15) is 5.11 Å². The van der Waals surface area contributed by atoms with Gasteiger partial charge >= 0.3 is 0 Å². The Morgan fingerprint density at radius 2 is 1.80 bits per heavy atom. The zero-order chi connectivity index (χ0) is 7.40. The quantitative estimate of drug-likeness (QED) is 0.490. The molecule has 0 aliphatic heterocycles. The number of hydrogen-bond acceptors (Lipinski definition) is 2. The minimum absolute atomic E-state index is 0.00931. The SMILES string of the molecule is NC1CC/C=C/CCC1O. The molecular weight excluding hydrogens is 126 g/mol. The first-order chi connectivity index (χ1) is 4.80. The number of allylic oxidation sites excluding steroid dienone is 2. The van der Waals surface area contributed by atoms with E-state index in [-0.39, 0.29) is 12.1 Å². The summed E-state index contributed by atoms with van der Waals surface area (Å²) in [7, 11) is 0. The van der Waals surface area contributed by atoms with Gasteiger partial charge in [-0.15, -0.1) is 0 Å². The molecule has 0 aromatic carbocycles. The van der Waals surface area contributed by atoms with Crippen molar-refractivity contribution in [3.05, 3.63) is 12.2 Å². The number of nitrogens with two attached hydrogens (primary N) is 1. The Bertz CT molecular complexity index is 108. The number of rotatable bonds is 0. The molecule has 0 heterocycles. The summed E-state index contributed by atoms with van der Waals surface area (Å²) >= 11 is 0. The van der Waals surface area contributed by atoms with E-state index in [0.29, 0.717) is 0 Å². The maximum absolute atomic E-state index is 9.32. The van der Waals surface area contributed by atoms with Crippen molar-refractivity contribution < 1.29 is 5.11 Å². The summed E-state index contributed by atoms with van der Waals surface area (Å²) in [6.45, 7) is 0. The summed E-state index contributed by atoms with van der Waals surface area (Å²) in [5.41, 5.74) is 5.66. The monoisotopic (exact) mass is 141 g/mol. The fraction of sp³-hybridized carbons (Fsp3) is 0.750. The average molecular weight is 141 g/mol. The zero-order valence-corrected chi connectivity index (χ0v) is 6.16. The van der Waals surface area contributed by atoms with Crippen molar-refractivity contribution in [1.29, 1.82) is 0 Å². The van der Waals surface area contributed by atoms with Crippen LogP contribution in [0.4, 0.5) is 0 Å². The number of aliphatic hydroxyl groups excluding tert-OH is 1. The molecule has 2 nitrogen and oxygen atoms in total. The van der Waals surface area contributed by atoms with Gasteiger partial charge in [-0.25, -0.2) is 0 Å². The summed E-state index contributed by atoms with van der Waals surface area (Å²) in [5, 5.41) is 9.32. The van der Waals surface area contributed by atoms with Gasteiger partial charge in [0.25, 0.3) is 0 Å². The maximum Gasteiger partial charge on any atom is 0.0694 e. The molecule has 0 saturated carbocycles. The van der Waals surface area contributed by atoms with Crippen LogP contribution in [0.2, 0.25) is 0 Å². The molecule has 0 radical (unpaired) electrons. The predicted molar refractivity (Wildman–Crippen MR) is 41.6 cm³/mol. The molecule has 1 rings (SSSR count). The first kappa shape index (κ1) is 7.76. The van der Waals surface area contributed by atoms with Crippen LogP contribution in [-0.2, 0) is 0 Å². The van der Waals surface area contributed by atoms with Crippen LogP contribution >= 0.6 is 0 Å². The van der Waals surface area contributed by atoms with Gasteiger partial charge in [0.15, 0.2) is 0 Å². The van der Waals surface area contributed by atoms with Crippen molar-refractivity contribution in [3.8, 4) is 0 Å². The van der Waals surface area contributed by atoms with Gasteiger partial charge in [0, 0.05) is 6.04 Å². The highest BCUT2D eigenvalue weighted by atomic mass is 16.3. The van der Waals surface area contributed by atoms with E-state index < -0.39 is 0 Å². The molecule has 0 aromatic rings. The Morgan fingerprint density at radius 3 is 2.50 bits per heavy atom. The van der Waals surface area contributed by atoms with E-state index in [1.165, 1.54) is 0 Å². The zero-order valence-electron chi connectivity index (χ0n) is 6.16. The van der Waals surface area contributed by atoms with Gasteiger partial charge in [0.05, 0.1) is 6.10 Å². The minimum atomic E-state index is -0.287. The normalized spacial score (nSPS) is 38.2. The fourth-order valence-electron chi connectivity index (χ4n) is 1.20. The lowest BCUT2D eigenvalue weighted by Gasteiger charge is -2.18. The first-order valence-electron chi connectivity index (χ1n) is 3.89. The molecule has 2 unspecified atom stereocenters. The molecule has 0 amide bonds. The molecule has 1 aliphatic rings. The third-order valence-electron chi connectivity index (χ3n) is 1.96. The van der Waals surface area contributed by atoms with Gasteiger partial charge in [-0.3, -0.25) is 0 Å². The highest BCUT2D eigenvalue weighted by Crippen LogP contribution is 2.10. The highest BCUT2D eigenvalue weighted by molar-refractivity contribution is 4.88. The Morgan fingerprint density at radius 1 is 1.20 bits per heavy atom. The van der Waals surface area contributed by atoms with E-state index in [1.54, 1.807) is 0 Å². The van der Waals surface area contributed by atoms with E-state index in [2.05, 4.69) is 12.2 Å². The average Bonchev–Trinajstić information content (AvgIpc) is 1.92. The molecule has 0 aromatic heterocycles. The van der Waals surface area contributed by atoms with Crippen LogP contribution in [0.25, 0.3) is 0 Å². The molecule has 2 atom stereocenters. The lowest BCUT2D eigenvalue weighted by molar-refractivity contribution is 0.131. The molecule has 58 valence electrons. The fourth-order valence-corrected chi connectivity index (χ4v) is 1.20. The number of hydrogen-bond donors (Lipinski definition) is 2. The van der Waals surface area contributed by atoms with Crippen molar-refractivity contribution in [3.63, 3.8) is 0 Å². The first-order valence-corrected chi connectivity index (χ1v) is 3.89. The van der Waals surface area contributed by atoms with Gasteiger partial charge in [0.1, 0.15) is 0 Å². The van der Waals surface area contributed by atoms with Crippen molar-refractivity contribution in [2.75, 3.05) is 0 Å². The van der Waals surface area contributed by atoms with Gasteiger partial charge in [-0.1, -0.05) is 12.2 Å². The topological polar surface area (TPSA) is 46.2 Å². The Hall–Kier alpha value is -0.340. The van der Waals surface area contributed by atoms with E-state index in [1.807, 2.05) is 0 Å². The highest BCUT2D eigenvalue weighted by Gasteiger charge is 2.13. The minimum Gasteiger partial charge on any atom is -0.392 e. The number of aliphatic hydroxyl groups is 1. The molecule has 3 N–H and O–H groups in total. The molecule has 0 spiro atoms. The second-order valence-electron chi connectivity index (χ2n) is 2.86. The van der Waals surface area contributed by atoms with Gasteiger partial charge in [-0.05, 0) is 25.7 Å². The Labute approximate surface area is 61.7 Å². The van der Waals surface area contributed by atoms with Crippen LogP contribution in [-0.4, -0.2) is 17.3 Å². The van der Waals surface area contributed by atoms with E-state index in [0.717, 1.165) is 25.7 Å². The van der Waals surface area contributed by atoms with Gasteiger partial charge < -0.3 is 10.8 Å². The van der Waals surface area contributed by atoms with E-state index >= 15 is 0 Å². The maximum atomic E-state index is 9.32. The molecular formula is C8H15NO. The van der Waals surface area contributed by atoms with Gasteiger partial charge in [0.2, 0.25) is 0 Å². The van der Waals surface area contributed by atoms with Crippen LogP contribution in [0, 0.1) is 0 Å². The largest absolute Gasteiger partial charge is 0.392 e. The predicted octanol–water partition coefficient (Wildman–Crippen LogP) is 0.805. The third-order valence-corrected chi connectivity index (χ3v) is 1.96. The molecule has 10 heavy (non-hydrogen) atoms. The van der Waals surface area contributed by atoms with Crippen LogP contribution in [0.3, 0.4) is 0 Å². The standard InChI is InChI=1S/C8H15NO/c9-7-5-3-1-2-4-6-8(7)10/h1-2,7-8,10H,3-6,9H2/b2-1+. The third kappa shape index (κ3) is 2.12. The summed E-state index contributed by atoms with van der Waals surface area (Å²) in [6, 6.07) is -0.00931. The van der Waals surface area contributed by atoms with Crippen LogP contribution < -0.4 is 5.73 Å². The van der Waals surface area contributed by atoms with Crippen molar-refractivity contribution in [1.82, 2.24) is 0 Å². The van der Waals surface area contributed by atoms with E-state index in [4.69, 9.17) is 5.73 Å². The van der Waals surface area contributed by atoms with Crippen molar-refractivity contribution in [2.45, 2.75) is 37.8 Å². The summed E-state index contributed by atoms with van der Waals surface area (Å²) in [6.07, 6.45) is 7.69. The summed E-state index contributed by atoms with van der Waals surface area (Å²) in [5.74, 6) is 0.